The first-order chi connectivity index (χ1) is 5.79. The summed E-state index contributed by atoms with van der Waals surface area (Å²) in [5.41, 5.74) is 0. The lowest BCUT2D eigenvalue weighted by atomic mass is 10.4. The van der Waals surface area contributed by atoms with Crippen molar-refractivity contribution in [1.29, 1.82) is 0 Å². The second kappa shape index (κ2) is 5.22. The number of hydrogen-bond acceptors (Lipinski definition) is 2. The number of ether oxygens (including phenoxy) is 1. The van der Waals surface area contributed by atoms with Crippen molar-refractivity contribution in [3.05, 3.63) is 30.3 Å². The molecule has 0 N–H and O–H groups in total. The molecule has 0 fully saturated rings. The van der Waals surface area contributed by atoms with Crippen LogP contribution in [-0.2, 0) is 4.74 Å². The van der Waals surface area contributed by atoms with Gasteiger partial charge in [-0.2, -0.15) is 0 Å². The Morgan fingerprint density at radius 3 is 2.50 bits per heavy atom. The van der Waals surface area contributed by atoms with Crippen LogP contribution in [0.2, 0.25) is 0 Å². The quantitative estimate of drug-likeness (QED) is 0.522. The molecule has 0 saturated carbocycles. The highest BCUT2D eigenvalue weighted by atomic mass is 32.2. The van der Waals surface area contributed by atoms with E-state index in [9.17, 15) is 0 Å². The summed E-state index contributed by atoms with van der Waals surface area (Å²) in [6, 6.07) is 10.3. The Bertz CT molecular complexity index is 208. The van der Waals surface area contributed by atoms with E-state index >= 15 is 0 Å². The summed E-state index contributed by atoms with van der Waals surface area (Å²) in [6.07, 6.45) is 0.321. The van der Waals surface area contributed by atoms with Crippen molar-refractivity contribution < 1.29 is 4.74 Å². The zero-order chi connectivity index (χ0) is 8.81. The molecule has 66 valence electrons. The molecule has 0 radical (unpaired) electrons. The monoisotopic (exact) mass is 182 g/mol. The number of benzene rings is 1. The van der Waals surface area contributed by atoms with Gasteiger partial charge >= 0.3 is 0 Å². The van der Waals surface area contributed by atoms with Gasteiger partial charge in [-0.3, -0.25) is 0 Å². The van der Waals surface area contributed by atoms with Gasteiger partial charge in [-0.25, -0.2) is 0 Å². The molecule has 0 spiro atoms. The summed E-state index contributed by atoms with van der Waals surface area (Å²) < 4.78 is 5.41. The van der Waals surface area contributed by atoms with E-state index in [4.69, 9.17) is 4.74 Å². The molecule has 1 aromatic rings. The van der Waals surface area contributed by atoms with Crippen LogP contribution in [0.25, 0.3) is 0 Å². The minimum atomic E-state index is 0.321. The fraction of sp³-hybridized carbons (Fsp3) is 0.400. The molecule has 0 bridgehead atoms. The van der Waals surface area contributed by atoms with Gasteiger partial charge in [0.2, 0.25) is 0 Å². The van der Waals surface area contributed by atoms with Crippen molar-refractivity contribution in [3.8, 4) is 0 Å². The van der Waals surface area contributed by atoms with Crippen LogP contribution in [0.4, 0.5) is 0 Å². The third-order valence-corrected chi connectivity index (χ3v) is 2.23. The topological polar surface area (TPSA) is 9.23 Å². The van der Waals surface area contributed by atoms with Gasteiger partial charge in [0.1, 0.15) is 0 Å². The lowest BCUT2D eigenvalue weighted by Crippen LogP contribution is -2.00. The molecule has 2 heteroatoms. The highest BCUT2D eigenvalue weighted by Crippen LogP contribution is 2.17. The van der Waals surface area contributed by atoms with Crippen molar-refractivity contribution in [1.82, 2.24) is 0 Å². The second-order valence-corrected chi connectivity index (χ2v) is 3.79. The normalized spacial score (nSPS) is 10.6. The summed E-state index contributed by atoms with van der Waals surface area (Å²) in [5, 5.41) is 0. The van der Waals surface area contributed by atoms with Gasteiger partial charge in [-0.15, -0.1) is 0 Å². The first kappa shape index (κ1) is 9.62. The third kappa shape index (κ3) is 3.79. The third-order valence-electron chi connectivity index (χ3n) is 1.37. The first-order valence-electron chi connectivity index (χ1n) is 4.08. The average molecular weight is 182 g/mol. The summed E-state index contributed by atoms with van der Waals surface area (Å²) in [5.74, 6) is 0.738. The summed E-state index contributed by atoms with van der Waals surface area (Å²) in [6.45, 7) is 4.09. The van der Waals surface area contributed by atoms with Crippen molar-refractivity contribution >= 4 is 11.8 Å². The Kier molecular flexibility index (Phi) is 4.19. The lowest BCUT2D eigenvalue weighted by molar-refractivity contribution is 0.120. The van der Waals surface area contributed by atoms with Gasteiger partial charge in [0, 0.05) is 4.90 Å². The SMILES string of the molecule is CC(C)OCSc1ccccc1. The molecule has 0 amide bonds. The molecule has 0 aromatic heterocycles. The Labute approximate surface area is 78.1 Å². The molecule has 1 rings (SSSR count). The smallest absolute Gasteiger partial charge is 0.0970 e. The predicted molar refractivity (Wildman–Crippen MR) is 53.4 cm³/mol. The lowest BCUT2D eigenvalue weighted by Gasteiger charge is -2.06. The van der Waals surface area contributed by atoms with Crippen molar-refractivity contribution in [2.24, 2.45) is 0 Å². The summed E-state index contributed by atoms with van der Waals surface area (Å²) in [4.78, 5) is 1.26. The minimum Gasteiger partial charge on any atom is -0.368 e. The molecular weight excluding hydrogens is 168 g/mol. The van der Waals surface area contributed by atoms with E-state index in [2.05, 4.69) is 12.1 Å². The molecule has 12 heavy (non-hydrogen) atoms. The Morgan fingerprint density at radius 1 is 1.25 bits per heavy atom. The van der Waals surface area contributed by atoms with Gasteiger partial charge in [-0.05, 0) is 26.0 Å². The molecule has 0 saturated heterocycles. The Hall–Kier alpha value is -0.470. The van der Waals surface area contributed by atoms with Crippen LogP contribution in [0.5, 0.6) is 0 Å². The van der Waals surface area contributed by atoms with Crippen LogP contribution in [0.15, 0.2) is 35.2 Å². The van der Waals surface area contributed by atoms with Crippen LogP contribution >= 0.6 is 11.8 Å². The number of rotatable bonds is 4. The predicted octanol–water partition coefficient (Wildman–Crippen LogP) is 3.16. The molecule has 0 aliphatic carbocycles. The fourth-order valence-electron chi connectivity index (χ4n) is 0.755. The molecule has 0 unspecified atom stereocenters. The molecule has 0 atom stereocenters. The Balaban J connectivity index is 2.25. The maximum Gasteiger partial charge on any atom is 0.0970 e. The van der Waals surface area contributed by atoms with E-state index in [1.807, 2.05) is 32.0 Å². The van der Waals surface area contributed by atoms with E-state index in [-0.39, 0.29) is 0 Å². The molecule has 0 heterocycles. The molecule has 0 aliphatic rings. The van der Waals surface area contributed by atoms with Crippen LogP contribution < -0.4 is 0 Å². The number of hydrogen-bond donors (Lipinski definition) is 0. The highest BCUT2D eigenvalue weighted by molar-refractivity contribution is 7.99. The van der Waals surface area contributed by atoms with Crippen LogP contribution in [0.1, 0.15) is 13.8 Å². The van der Waals surface area contributed by atoms with Crippen molar-refractivity contribution in [3.63, 3.8) is 0 Å². The van der Waals surface area contributed by atoms with Crippen molar-refractivity contribution in [2.45, 2.75) is 24.8 Å². The molecule has 1 aromatic carbocycles. The molecule has 1 nitrogen and oxygen atoms in total. The first-order valence-corrected chi connectivity index (χ1v) is 5.07. The summed E-state index contributed by atoms with van der Waals surface area (Å²) >= 11 is 1.73. The van der Waals surface area contributed by atoms with Crippen molar-refractivity contribution in [2.75, 3.05) is 5.94 Å². The van der Waals surface area contributed by atoms with Crippen LogP contribution in [0, 0.1) is 0 Å². The van der Waals surface area contributed by atoms with Gasteiger partial charge in [-0.1, -0.05) is 30.0 Å². The van der Waals surface area contributed by atoms with E-state index in [1.54, 1.807) is 11.8 Å². The van der Waals surface area contributed by atoms with E-state index in [1.165, 1.54) is 4.90 Å². The zero-order valence-electron chi connectivity index (χ0n) is 7.49. The maximum atomic E-state index is 5.41. The Morgan fingerprint density at radius 2 is 1.92 bits per heavy atom. The molecular formula is C10H14OS. The number of thioether (sulfide) groups is 1. The molecule has 0 aliphatic heterocycles. The van der Waals surface area contributed by atoms with E-state index in [0.29, 0.717) is 6.10 Å². The van der Waals surface area contributed by atoms with Gasteiger partial charge < -0.3 is 4.74 Å². The summed E-state index contributed by atoms with van der Waals surface area (Å²) in [7, 11) is 0. The zero-order valence-corrected chi connectivity index (χ0v) is 8.30. The minimum absolute atomic E-state index is 0.321. The van der Waals surface area contributed by atoms with Crippen LogP contribution in [-0.4, -0.2) is 12.0 Å². The van der Waals surface area contributed by atoms with Gasteiger partial charge in [0.25, 0.3) is 0 Å². The van der Waals surface area contributed by atoms with Gasteiger partial charge in [0.15, 0.2) is 0 Å². The van der Waals surface area contributed by atoms with E-state index < -0.39 is 0 Å². The average Bonchev–Trinajstić information content (AvgIpc) is 2.05. The van der Waals surface area contributed by atoms with E-state index in [0.717, 1.165) is 5.94 Å². The standard InChI is InChI=1S/C10H14OS/c1-9(2)11-8-12-10-6-4-3-5-7-10/h3-7,9H,8H2,1-2H3. The highest BCUT2D eigenvalue weighted by Gasteiger charge is 1.94. The second-order valence-electron chi connectivity index (χ2n) is 2.79. The fourth-order valence-corrected chi connectivity index (χ4v) is 1.58. The maximum absolute atomic E-state index is 5.41. The van der Waals surface area contributed by atoms with Gasteiger partial charge in [0.05, 0.1) is 12.0 Å². The van der Waals surface area contributed by atoms with Crippen LogP contribution in [0.3, 0.4) is 0 Å². The largest absolute Gasteiger partial charge is 0.368 e.